The van der Waals surface area contributed by atoms with Crippen LogP contribution >= 0.6 is 0 Å². The minimum absolute atomic E-state index is 0.317. The van der Waals surface area contributed by atoms with E-state index < -0.39 is 0 Å². The monoisotopic (exact) mass is 193 g/mol. The maximum Gasteiger partial charge on any atom is 0.169 e. The van der Waals surface area contributed by atoms with Crippen LogP contribution in [0.4, 0.5) is 0 Å². The van der Waals surface area contributed by atoms with Crippen LogP contribution < -0.4 is 0 Å². The number of terminal acetylenes is 2. The summed E-state index contributed by atoms with van der Waals surface area (Å²) in [6, 6.07) is 0. The second-order valence-electron chi connectivity index (χ2n) is 3.49. The van der Waals surface area contributed by atoms with Crippen molar-refractivity contribution in [3.05, 3.63) is 0 Å². The van der Waals surface area contributed by atoms with Gasteiger partial charge in [0.05, 0.1) is 0 Å². The van der Waals surface area contributed by atoms with E-state index in [4.69, 9.17) is 12.8 Å². The lowest BCUT2D eigenvalue weighted by Crippen LogP contribution is -2.28. The highest BCUT2D eigenvalue weighted by Gasteiger charge is 2.29. The molecular weight excluding hydrogens is 176 g/mol. The quantitative estimate of drug-likeness (QED) is 0.476. The standard InChI is InChI=1S/C12H17S/c1-3-10-13(11-4-2)12-8-6-5-7-9-12/h1-2,12H,5-11H2/q+1. The fourth-order valence-electron chi connectivity index (χ4n) is 1.90. The van der Waals surface area contributed by atoms with Gasteiger partial charge in [0.1, 0.15) is 5.25 Å². The van der Waals surface area contributed by atoms with Gasteiger partial charge in [0, 0.05) is 10.9 Å². The molecular formula is C12H17S+. The smallest absolute Gasteiger partial charge is 0.115 e. The van der Waals surface area contributed by atoms with Crippen molar-refractivity contribution < 1.29 is 0 Å². The Labute approximate surface area is 84.8 Å². The van der Waals surface area contributed by atoms with Crippen LogP contribution in [0.3, 0.4) is 0 Å². The summed E-state index contributed by atoms with van der Waals surface area (Å²) in [4.78, 5) is 0. The van der Waals surface area contributed by atoms with E-state index in [1.807, 2.05) is 0 Å². The van der Waals surface area contributed by atoms with Crippen LogP contribution in [-0.2, 0) is 10.9 Å². The van der Waals surface area contributed by atoms with E-state index in [0.717, 1.165) is 16.8 Å². The van der Waals surface area contributed by atoms with Crippen LogP contribution in [0.15, 0.2) is 0 Å². The molecule has 0 spiro atoms. The summed E-state index contributed by atoms with van der Waals surface area (Å²) >= 11 is 0. The molecule has 0 nitrogen and oxygen atoms in total. The molecule has 13 heavy (non-hydrogen) atoms. The maximum absolute atomic E-state index is 5.35. The summed E-state index contributed by atoms with van der Waals surface area (Å²) in [6.07, 6.45) is 17.6. The predicted molar refractivity (Wildman–Crippen MR) is 61.6 cm³/mol. The molecule has 0 aromatic rings. The second-order valence-corrected chi connectivity index (χ2v) is 5.81. The summed E-state index contributed by atoms with van der Waals surface area (Å²) in [5.41, 5.74) is 0. The first-order valence-corrected chi connectivity index (χ1v) is 6.54. The van der Waals surface area contributed by atoms with Crippen LogP contribution in [0, 0.1) is 24.7 Å². The van der Waals surface area contributed by atoms with Gasteiger partial charge in [-0.05, 0) is 25.7 Å². The SMILES string of the molecule is C#CC[S+](CC#C)C1CCCCC1. The van der Waals surface area contributed by atoms with E-state index in [1.165, 1.54) is 32.1 Å². The van der Waals surface area contributed by atoms with Gasteiger partial charge in [-0.15, -0.1) is 12.8 Å². The molecule has 1 saturated carbocycles. The van der Waals surface area contributed by atoms with Crippen molar-refractivity contribution in [2.24, 2.45) is 0 Å². The minimum atomic E-state index is 0.317. The van der Waals surface area contributed by atoms with E-state index in [2.05, 4.69) is 11.8 Å². The minimum Gasteiger partial charge on any atom is -0.115 e. The lowest BCUT2D eigenvalue weighted by molar-refractivity contribution is 0.513. The van der Waals surface area contributed by atoms with Gasteiger partial charge >= 0.3 is 0 Å². The molecule has 1 fully saturated rings. The summed E-state index contributed by atoms with van der Waals surface area (Å²) < 4.78 is 0. The Morgan fingerprint density at radius 1 is 1.00 bits per heavy atom. The average molecular weight is 193 g/mol. The normalized spacial score (nSPS) is 18.1. The van der Waals surface area contributed by atoms with Gasteiger partial charge in [-0.2, -0.15) is 0 Å². The average Bonchev–Trinajstić information content (AvgIpc) is 2.19. The zero-order chi connectivity index (χ0) is 9.52. The maximum atomic E-state index is 5.35. The van der Waals surface area contributed by atoms with E-state index in [0.29, 0.717) is 10.9 Å². The van der Waals surface area contributed by atoms with Crippen LogP contribution in [0.25, 0.3) is 0 Å². The molecule has 0 aliphatic heterocycles. The van der Waals surface area contributed by atoms with Crippen molar-refractivity contribution in [2.45, 2.75) is 37.4 Å². The largest absolute Gasteiger partial charge is 0.169 e. The van der Waals surface area contributed by atoms with Gasteiger partial charge in [-0.3, -0.25) is 0 Å². The van der Waals surface area contributed by atoms with Gasteiger partial charge in [-0.1, -0.05) is 18.3 Å². The Balaban J connectivity index is 2.43. The fraction of sp³-hybridized carbons (Fsp3) is 0.667. The summed E-state index contributed by atoms with van der Waals surface area (Å²) in [5, 5.41) is 0.834. The van der Waals surface area contributed by atoms with Crippen molar-refractivity contribution in [2.75, 3.05) is 11.5 Å². The fourth-order valence-corrected chi connectivity index (χ4v) is 3.90. The second kappa shape index (κ2) is 6.01. The zero-order valence-electron chi connectivity index (χ0n) is 8.09. The molecule has 1 heteroatoms. The summed E-state index contributed by atoms with van der Waals surface area (Å²) in [6.45, 7) is 0. The van der Waals surface area contributed by atoms with Crippen LogP contribution in [-0.4, -0.2) is 16.8 Å². The molecule has 70 valence electrons. The zero-order valence-corrected chi connectivity index (χ0v) is 8.91. The Bertz CT molecular complexity index is 196. The third-order valence-corrected chi connectivity index (χ3v) is 5.05. The molecule has 0 amide bonds. The summed E-state index contributed by atoms with van der Waals surface area (Å²) in [5.74, 6) is 7.33. The number of rotatable bonds is 3. The Morgan fingerprint density at radius 3 is 2.00 bits per heavy atom. The number of hydrogen-bond acceptors (Lipinski definition) is 0. The van der Waals surface area contributed by atoms with Crippen molar-refractivity contribution >= 4 is 10.9 Å². The molecule has 0 heterocycles. The first kappa shape index (κ1) is 10.6. The van der Waals surface area contributed by atoms with E-state index in [-0.39, 0.29) is 0 Å². The van der Waals surface area contributed by atoms with Crippen molar-refractivity contribution in [1.82, 2.24) is 0 Å². The molecule has 1 aliphatic rings. The lowest BCUT2D eigenvalue weighted by Gasteiger charge is -2.20. The van der Waals surface area contributed by atoms with Crippen molar-refractivity contribution in [3.8, 4) is 24.7 Å². The predicted octanol–water partition coefficient (Wildman–Crippen LogP) is 2.20. The molecule has 0 unspecified atom stereocenters. The molecule has 1 aliphatic carbocycles. The van der Waals surface area contributed by atoms with Gasteiger partial charge in [-0.25, -0.2) is 0 Å². The molecule has 1 rings (SSSR count). The van der Waals surface area contributed by atoms with Gasteiger partial charge < -0.3 is 0 Å². The molecule has 0 aromatic heterocycles. The van der Waals surface area contributed by atoms with Gasteiger partial charge in [0.25, 0.3) is 0 Å². The Hall–Kier alpha value is -0.530. The topological polar surface area (TPSA) is 0 Å². The van der Waals surface area contributed by atoms with Crippen molar-refractivity contribution in [3.63, 3.8) is 0 Å². The molecule has 0 aromatic carbocycles. The lowest BCUT2D eigenvalue weighted by atomic mass is 10.0. The van der Waals surface area contributed by atoms with E-state index in [1.54, 1.807) is 0 Å². The number of hydrogen-bond donors (Lipinski definition) is 0. The highest BCUT2D eigenvalue weighted by molar-refractivity contribution is 7.97. The van der Waals surface area contributed by atoms with Crippen LogP contribution in [0.2, 0.25) is 0 Å². The molecule has 0 N–H and O–H groups in total. The highest BCUT2D eigenvalue weighted by atomic mass is 32.2. The van der Waals surface area contributed by atoms with Gasteiger partial charge in [0.2, 0.25) is 0 Å². The van der Waals surface area contributed by atoms with E-state index in [9.17, 15) is 0 Å². The van der Waals surface area contributed by atoms with Crippen LogP contribution in [0.1, 0.15) is 32.1 Å². The molecule has 0 saturated heterocycles. The molecule has 0 radical (unpaired) electrons. The molecule has 0 bridgehead atoms. The Morgan fingerprint density at radius 2 is 1.54 bits per heavy atom. The first-order chi connectivity index (χ1) is 6.38. The molecule has 0 atom stereocenters. The van der Waals surface area contributed by atoms with Gasteiger partial charge in [0.15, 0.2) is 11.5 Å². The third kappa shape index (κ3) is 3.37. The third-order valence-electron chi connectivity index (χ3n) is 2.56. The first-order valence-electron chi connectivity index (χ1n) is 4.91. The summed E-state index contributed by atoms with van der Waals surface area (Å²) in [7, 11) is 0.317. The van der Waals surface area contributed by atoms with Crippen LogP contribution in [0.5, 0.6) is 0 Å². The Kier molecular flexibility index (Phi) is 4.87. The van der Waals surface area contributed by atoms with E-state index >= 15 is 0 Å². The highest BCUT2D eigenvalue weighted by Crippen LogP contribution is 2.25. The van der Waals surface area contributed by atoms with Crippen molar-refractivity contribution in [1.29, 1.82) is 0 Å².